The van der Waals surface area contributed by atoms with E-state index in [0.29, 0.717) is 6.54 Å². The average Bonchev–Trinajstić information content (AvgIpc) is 2.00. The van der Waals surface area contributed by atoms with E-state index in [-0.39, 0.29) is 5.25 Å². The van der Waals surface area contributed by atoms with Crippen LogP contribution in [0.15, 0.2) is 0 Å². The molecule has 2 N–H and O–H groups in total. The quantitative estimate of drug-likeness (QED) is 0.631. The van der Waals surface area contributed by atoms with E-state index >= 15 is 0 Å². The van der Waals surface area contributed by atoms with Gasteiger partial charge in [-0.2, -0.15) is 5.26 Å². The molecule has 0 saturated heterocycles. The summed E-state index contributed by atoms with van der Waals surface area (Å²) in [6, 6.07) is 1.92. The van der Waals surface area contributed by atoms with E-state index in [9.17, 15) is 4.21 Å². The summed E-state index contributed by atoms with van der Waals surface area (Å²) < 4.78 is 11.1. The van der Waals surface area contributed by atoms with Crippen LogP contribution in [0.4, 0.5) is 0 Å². The van der Waals surface area contributed by atoms with Crippen molar-refractivity contribution in [2.24, 2.45) is 5.73 Å². The van der Waals surface area contributed by atoms with Gasteiger partial charge < -0.3 is 5.73 Å². The summed E-state index contributed by atoms with van der Waals surface area (Å²) in [6.07, 6.45) is 0. The average molecular weight is 160 g/mol. The van der Waals surface area contributed by atoms with Crippen LogP contribution < -0.4 is 5.73 Å². The second kappa shape index (κ2) is 4.42. The molecule has 0 fully saturated rings. The van der Waals surface area contributed by atoms with Crippen LogP contribution in [0, 0.1) is 11.3 Å². The van der Waals surface area contributed by atoms with Crippen LogP contribution in [0.2, 0.25) is 0 Å². The lowest BCUT2D eigenvalue weighted by Gasteiger charge is -2.08. The third kappa shape index (κ3) is 2.46. The first-order chi connectivity index (χ1) is 4.63. The van der Waals surface area contributed by atoms with Crippen molar-refractivity contribution in [3.8, 4) is 6.07 Å². The Bertz CT molecular complexity index is 164. The Morgan fingerprint density at radius 1 is 1.70 bits per heavy atom. The molecule has 0 aromatic carbocycles. The summed E-state index contributed by atoms with van der Waals surface area (Å²) in [5.74, 6) is 0. The topological polar surface area (TPSA) is 66.9 Å². The number of nitrogens with two attached hydrogens (primary N) is 1. The maximum atomic E-state index is 11.1. The van der Waals surface area contributed by atoms with E-state index in [0.717, 1.165) is 0 Å². The van der Waals surface area contributed by atoms with Gasteiger partial charge in [0.25, 0.3) is 0 Å². The summed E-state index contributed by atoms with van der Waals surface area (Å²) in [5, 5.41) is 7.89. The molecule has 0 amide bonds. The molecule has 0 rings (SSSR count). The number of nitrogens with zero attached hydrogens (tertiary/aromatic N) is 1. The Hall–Kier alpha value is -0.400. The SMILES string of the molecule is CC(C#N)S(=O)C(C)CN. The van der Waals surface area contributed by atoms with Crippen molar-refractivity contribution in [1.82, 2.24) is 0 Å². The zero-order chi connectivity index (χ0) is 8.15. The fourth-order valence-corrected chi connectivity index (χ4v) is 1.49. The molecule has 4 heteroatoms. The lowest BCUT2D eigenvalue weighted by atomic mass is 10.5. The number of hydrogen-bond acceptors (Lipinski definition) is 3. The Balaban J connectivity index is 3.98. The minimum absolute atomic E-state index is 0.0744. The second-order valence-electron chi connectivity index (χ2n) is 2.15. The fourth-order valence-electron chi connectivity index (χ4n) is 0.495. The smallest absolute Gasteiger partial charge is 0.119 e. The van der Waals surface area contributed by atoms with Crippen molar-refractivity contribution in [3.05, 3.63) is 0 Å². The standard InChI is InChI=1S/C6H12N2OS/c1-5(3-7)10(9)6(2)4-8/h5-6H,3,7H2,1-2H3. The summed E-state index contributed by atoms with van der Waals surface area (Å²) >= 11 is 0. The van der Waals surface area contributed by atoms with Gasteiger partial charge >= 0.3 is 0 Å². The van der Waals surface area contributed by atoms with Gasteiger partial charge in [-0.05, 0) is 13.8 Å². The van der Waals surface area contributed by atoms with Crippen molar-refractivity contribution in [3.63, 3.8) is 0 Å². The molecule has 0 radical (unpaired) electrons. The van der Waals surface area contributed by atoms with Crippen LogP contribution in [0.3, 0.4) is 0 Å². The highest BCUT2D eigenvalue weighted by atomic mass is 32.2. The molecule has 0 heterocycles. The summed E-state index contributed by atoms with van der Waals surface area (Å²) in [6.45, 7) is 3.80. The van der Waals surface area contributed by atoms with Crippen molar-refractivity contribution < 1.29 is 4.21 Å². The second-order valence-corrected chi connectivity index (χ2v) is 4.32. The van der Waals surface area contributed by atoms with Gasteiger partial charge in [0.05, 0.1) is 6.07 Å². The van der Waals surface area contributed by atoms with Crippen molar-refractivity contribution in [2.75, 3.05) is 6.54 Å². The Kier molecular flexibility index (Phi) is 4.24. The van der Waals surface area contributed by atoms with E-state index in [1.807, 2.05) is 6.07 Å². The van der Waals surface area contributed by atoms with Gasteiger partial charge in [0.2, 0.25) is 0 Å². The molecule has 0 bridgehead atoms. The number of nitriles is 1. The molecule has 0 saturated carbocycles. The lowest BCUT2D eigenvalue weighted by molar-refractivity contribution is 0.670. The molecular weight excluding hydrogens is 148 g/mol. The number of rotatable bonds is 3. The van der Waals surface area contributed by atoms with Crippen LogP contribution in [-0.4, -0.2) is 21.3 Å². The lowest BCUT2D eigenvalue weighted by Crippen LogP contribution is -2.27. The third-order valence-electron chi connectivity index (χ3n) is 1.26. The van der Waals surface area contributed by atoms with Crippen LogP contribution in [0.1, 0.15) is 13.8 Å². The molecule has 3 unspecified atom stereocenters. The first kappa shape index (κ1) is 9.60. The zero-order valence-electron chi connectivity index (χ0n) is 6.20. The molecule has 0 aromatic heterocycles. The van der Waals surface area contributed by atoms with Gasteiger partial charge in [-0.1, -0.05) is 0 Å². The number of hydrogen-bond donors (Lipinski definition) is 1. The minimum Gasteiger partial charge on any atom is -0.329 e. The van der Waals surface area contributed by atoms with E-state index in [1.54, 1.807) is 13.8 Å². The Morgan fingerprint density at radius 3 is 2.50 bits per heavy atom. The molecule has 0 aliphatic heterocycles. The molecule has 0 aliphatic rings. The molecule has 10 heavy (non-hydrogen) atoms. The fraction of sp³-hybridized carbons (Fsp3) is 0.833. The first-order valence-electron chi connectivity index (χ1n) is 3.12. The largest absolute Gasteiger partial charge is 0.329 e. The zero-order valence-corrected chi connectivity index (χ0v) is 7.02. The van der Waals surface area contributed by atoms with E-state index < -0.39 is 16.0 Å². The van der Waals surface area contributed by atoms with Crippen LogP contribution in [-0.2, 0) is 10.8 Å². The van der Waals surface area contributed by atoms with Gasteiger partial charge in [0.1, 0.15) is 5.25 Å². The summed E-state index contributed by atoms with van der Waals surface area (Å²) in [5.41, 5.74) is 5.26. The van der Waals surface area contributed by atoms with Gasteiger partial charge in [-0.3, -0.25) is 4.21 Å². The molecular formula is C6H12N2OS. The summed E-state index contributed by atoms with van der Waals surface area (Å²) in [4.78, 5) is 0. The summed E-state index contributed by atoms with van der Waals surface area (Å²) in [7, 11) is -1.10. The maximum Gasteiger partial charge on any atom is 0.119 e. The van der Waals surface area contributed by atoms with Crippen molar-refractivity contribution in [1.29, 1.82) is 5.26 Å². The van der Waals surface area contributed by atoms with Crippen LogP contribution in [0.25, 0.3) is 0 Å². The molecule has 0 aliphatic carbocycles. The van der Waals surface area contributed by atoms with Gasteiger partial charge in [0, 0.05) is 22.6 Å². The minimum atomic E-state index is -1.10. The molecule has 0 spiro atoms. The van der Waals surface area contributed by atoms with E-state index in [2.05, 4.69) is 0 Å². The predicted octanol–water partition coefficient (Wildman–Crippen LogP) is -0.00562. The van der Waals surface area contributed by atoms with Gasteiger partial charge in [0.15, 0.2) is 0 Å². The van der Waals surface area contributed by atoms with Crippen molar-refractivity contribution >= 4 is 10.8 Å². The molecule has 0 aromatic rings. The van der Waals surface area contributed by atoms with Crippen molar-refractivity contribution in [2.45, 2.75) is 24.3 Å². The van der Waals surface area contributed by atoms with E-state index in [1.165, 1.54) is 0 Å². The Morgan fingerprint density at radius 2 is 2.20 bits per heavy atom. The third-order valence-corrected chi connectivity index (χ3v) is 3.05. The predicted molar refractivity (Wildman–Crippen MR) is 41.7 cm³/mol. The van der Waals surface area contributed by atoms with E-state index in [4.69, 9.17) is 11.0 Å². The highest BCUT2D eigenvalue weighted by Gasteiger charge is 2.15. The van der Waals surface area contributed by atoms with Gasteiger partial charge in [-0.15, -0.1) is 0 Å². The van der Waals surface area contributed by atoms with Gasteiger partial charge in [-0.25, -0.2) is 0 Å². The monoisotopic (exact) mass is 160 g/mol. The highest BCUT2D eigenvalue weighted by molar-refractivity contribution is 7.86. The molecule has 3 atom stereocenters. The molecule has 58 valence electrons. The van der Waals surface area contributed by atoms with Crippen LogP contribution in [0.5, 0.6) is 0 Å². The normalized spacial score (nSPS) is 19.0. The Labute approximate surface area is 63.7 Å². The van der Waals surface area contributed by atoms with Crippen LogP contribution >= 0.6 is 0 Å². The first-order valence-corrected chi connectivity index (χ1v) is 4.40. The highest BCUT2D eigenvalue weighted by Crippen LogP contribution is 2.00. The molecule has 3 nitrogen and oxygen atoms in total. The maximum absolute atomic E-state index is 11.1.